The minimum Gasteiger partial charge on any atom is -0.480 e. The van der Waals surface area contributed by atoms with Crippen molar-refractivity contribution >= 4 is 11.8 Å². The number of aromatic nitrogens is 5. The van der Waals surface area contributed by atoms with Gasteiger partial charge >= 0.3 is 12.1 Å². The minimum absolute atomic E-state index is 0.00500. The van der Waals surface area contributed by atoms with Gasteiger partial charge in [-0.15, -0.1) is 0 Å². The highest BCUT2D eigenvalue weighted by atomic mass is 19.4. The van der Waals surface area contributed by atoms with Crippen LogP contribution in [0.3, 0.4) is 0 Å². The molecule has 0 amide bonds. The Kier molecular flexibility index (Phi) is 6.55. The first-order valence-electron chi connectivity index (χ1n) is 11.4. The first-order valence-corrected chi connectivity index (χ1v) is 11.4. The van der Waals surface area contributed by atoms with Gasteiger partial charge in [0.15, 0.2) is 17.5 Å². The Morgan fingerprint density at radius 1 is 1.13 bits per heavy atom. The average Bonchev–Trinajstić information content (AvgIpc) is 3.55. The summed E-state index contributed by atoms with van der Waals surface area (Å²) in [6.45, 7) is -0.380. The van der Waals surface area contributed by atoms with Crippen molar-refractivity contribution in [3.05, 3.63) is 66.1 Å². The highest BCUT2D eigenvalue weighted by molar-refractivity contribution is 5.78. The fourth-order valence-electron chi connectivity index (χ4n) is 4.42. The second-order valence-electron chi connectivity index (χ2n) is 8.72. The van der Waals surface area contributed by atoms with Crippen LogP contribution in [0.4, 0.5) is 27.8 Å². The van der Waals surface area contributed by atoms with E-state index in [0.717, 1.165) is 11.1 Å². The van der Waals surface area contributed by atoms with E-state index < -0.39 is 54.4 Å². The van der Waals surface area contributed by atoms with E-state index in [4.69, 9.17) is 4.52 Å². The lowest BCUT2D eigenvalue weighted by atomic mass is 9.90. The summed E-state index contributed by atoms with van der Waals surface area (Å²) in [5.74, 6) is -5.37. The number of carboxylic acids is 1. The summed E-state index contributed by atoms with van der Waals surface area (Å²) in [6.07, 6.45) is -3.60. The molecule has 1 fully saturated rings. The zero-order valence-corrected chi connectivity index (χ0v) is 19.4. The number of rotatable bonds is 6. The molecule has 1 saturated heterocycles. The molecular weight excluding hydrogens is 515 g/mol. The monoisotopic (exact) mass is 534 g/mol. The SMILES string of the molecule is O=C(O)[C@H]1C[C@@H](C(F)(F)F)CCN1c1nc(-c2cc(-c3ccon3)n(Cc3ccccc3F)n2)ncc1F. The van der Waals surface area contributed by atoms with Crippen LogP contribution >= 0.6 is 0 Å². The summed E-state index contributed by atoms with van der Waals surface area (Å²) in [4.78, 5) is 20.9. The molecule has 9 nitrogen and oxygen atoms in total. The quantitative estimate of drug-likeness (QED) is 0.359. The number of carboxylic acid groups (broad SMARTS) is 1. The maximum absolute atomic E-state index is 14.8. The molecule has 2 atom stereocenters. The summed E-state index contributed by atoms with van der Waals surface area (Å²) in [5.41, 5.74) is 1.21. The second kappa shape index (κ2) is 9.84. The van der Waals surface area contributed by atoms with Gasteiger partial charge in [0.05, 0.1) is 24.4 Å². The lowest BCUT2D eigenvalue weighted by molar-refractivity contribution is -0.183. The third-order valence-electron chi connectivity index (χ3n) is 6.34. The Balaban J connectivity index is 1.52. The maximum Gasteiger partial charge on any atom is 0.391 e. The Morgan fingerprint density at radius 3 is 2.61 bits per heavy atom. The zero-order chi connectivity index (χ0) is 27.0. The highest BCUT2D eigenvalue weighted by Gasteiger charge is 2.47. The van der Waals surface area contributed by atoms with E-state index in [2.05, 4.69) is 20.2 Å². The minimum atomic E-state index is -4.57. The van der Waals surface area contributed by atoms with Gasteiger partial charge in [-0.05, 0) is 25.0 Å². The molecule has 5 rings (SSSR count). The van der Waals surface area contributed by atoms with Crippen molar-refractivity contribution < 1.29 is 36.4 Å². The Morgan fingerprint density at radius 2 is 1.92 bits per heavy atom. The van der Waals surface area contributed by atoms with Crippen LogP contribution in [0.15, 0.2) is 53.4 Å². The van der Waals surface area contributed by atoms with Crippen molar-refractivity contribution in [2.24, 2.45) is 5.92 Å². The third-order valence-corrected chi connectivity index (χ3v) is 6.34. The first kappa shape index (κ1) is 25.3. The molecule has 4 aromatic rings. The van der Waals surface area contributed by atoms with Gasteiger partial charge in [-0.25, -0.2) is 23.5 Å². The fourth-order valence-corrected chi connectivity index (χ4v) is 4.42. The number of hydrogen-bond donors (Lipinski definition) is 1. The number of alkyl halides is 3. The number of hydrogen-bond acceptors (Lipinski definition) is 7. The molecule has 14 heteroatoms. The van der Waals surface area contributed by atoms with E-state index in [0.29, 0.717) is 17.0 Å². The van der Waals surface area contributed by atoms with Crippen LogP contribution in [0, 0.1) is 17.6 Å². The van der Waals surface area contributed by atoms with Crippen LogP contribution in [0.25, 0.3) is 22.9 Å². The van der Waals surface area contributed by atoms with Gasteiger partial charge in [0.2, 0.25) is 0 Å². The maximum atomic E-state index is 14.8. The molecule has 4 heterocycles. The summed E-state index contributed by atoms with van der Waals surface area (Å²) in [5, 5.41) is 17.9. The molecule has 1 N–H and O–H groups in total. The molecule has 0 bridgehead atoms. The van der Waals surface area contributed by atoms with Gasteiger partial charge in [0.1, 0.15) is 29.5 Å². The predicted octanol–water partition coefficient (Wildman–Crippen LogP) is 4.55. The molecule has 0 unspecified atom stereocenters. The van der Waals surface area contributed by atoms with Crippen LogP contribution in [-0.2, 0) is 11.3 Å². The summed E-state index contributed by atoms with van der Waals surface area (Å²) in [6, 6.07) is 7.50. The van der Waals surface area contributed by atoms with Crippen molar-refractivity contribution in [3.8, 4) is 22.9 Å². The van der Waals surface area contributed by atoms with E-state index in [-0.39, 0.29) is 24.6 Å². The normalized spacial score (nSPS) is 18.1. The number of nitrogens with zero attached hydrogens (tertiary/aromatic N) is 6. The van der Waals surface area contributed by atoms with Crippen LogP contribution in [0.2, 0.25) is 0 Å². The molecule has 1 aliphatic rings. The number of benzene rings is 1. The number of aliphatic carboxylic acids is 1. The largest absolute Gasteiger partial charge is 0.480 e. The van der Waals surface area contributed by atoms with E-state index in [9.17, 15) is 31.9 Å². The lowest BCUT2D eigenvalue weighted by Gasteiger charge is -2.38. The Bertz CT molecular complexity index is 1460. The Hall–Kier alpha value is -4.36. The molecule has 0 spiro atoms. The standard InChI is InChI=1S/C24H19F5N6O3/c25-15-4-2-1-3-13(15)12-35-19(17-6-8-38-33-17)10-18(32-35)21-30-11-16(26)22(31-21)34-7-5-14(24(27,28)29)9-20(34)23(36)37/h1-4,6,8,10-11,14,20H,5,7,9,12H2,(H,36,37)/t14-,20+/m0/s1. The topological polar surface area (TPSA) is 110 Å². The van der Waals surface area contributed by atoms with E-state index in [1.165, 1.54) is 23.1 Å². The molecule has 0 saturated carbocycles. The zero-order valence-electron chi connectivity index (χ0n) is 19.4. The second-order valence-corrected chi connectivity index (χ2v) is 8.72. The molecule has 38 heavy (non-hydrogen) atoms. The van der Waals surface area contributed by atoms with Crippen LogP contribution in [-0.4, -0.2) is 54.7 Å². The van der Waals surface area contributed by atoms with Crippen LogP contribution in [0.5, 0.6) is 0 Å². The van der Waals surface area contributed by atoms with Crippen molar-refractivity contribution in [1.82, 2.24) is 24.9 Å². The van der Waals surface area contributed by atoms with Gasteiger partial charge < -0.3 is 14.5 Å². The van der Waals surface area contributed by atoms with Gasteiger partial charge in [-0.2, -0.15) is 18.3 Å². The summed E-state index contributed by atoms with van der Waals surface area (Å²) < 4.78 is 75.2. The summed E-state index contributed by atoms with van der Waals surface area (Å²) in [7, 11) is 0. The van der Waals surface area contributed by atoms with Crippen molar-refractivity contribution in [2.75, 3.05) is 11.4 Å². The lowest BCUT2D eigenvalue weighted by Crippen LogP contribution is -2.50. The van der Waals surface area contributed by atoms with Gasteiger partial charge in [0, 0.05) is 18.2 Å². The number of anilines is 1. The summed E-state index contributed by atoms with van der Waals surface area (Å²) >= 11 is 0. The van der Waals surface area contributed by atoms with E-state index in [1.807, 2.05) is 0 Å². The van der Waals surface area contributed by atoms with Crippen molar-refractivity contribution in [2.45, 2.75) is 31.6 Å². The molecule has 1 aromatic carbocycles. The number of piperidine rings is 1. The fraction of sp³-hybridized carbons (Fsp3) is 0.292. The van der Waals surface area contributed by atoms with Gasteiger partial charge in [0.25, 0.3) is 0 Å². The Labute approximate surface area is 211 Å². The average molecular weight is 534 g/mol. The number of halogens is 5. The molecule has 1 aliphatic heterocycles. The molecule has 0 aliphatic carbocycles. The first-order chi connectivity index (χ1) is 18.1. The van der Waals surface area contributed by atoms with Crippen molar-refractivity contribution in [3.63, 3.8) is 0 Å². The van der Waals surface area contributed by atoms with Gasteiger partial charge in [-0.1, -0.05) is 23.4 Å². The smallest absolute Gasteiger partial charge is 0.391 e. The van der Waals surface area contributed by atoms with E-state index >= 15 is 0 Å². The van der Waals surface area contributed by atoms with E-state index in [1.54, 1.807) is 24.3 Å². The molecular formula is C24H19F5N6O3. The number of carbonyl (C=O) groups is 1. The van der Waals surface area contributed by atoms with Crippen LogP contribution < -0.4 is 4.90 Å². The van der Waals surface area contributed by atoms with Gasteiger partial charge in [-0.3, -0.25) is 4.68 Å². The highest BCUT2D eigenvalue weighted by Crippen LogP contribution is 2.38. The molecule has 198 valence electrons. The molecule has 3 aromatic heterocycles. The predicted molar refractivity (Wildman–Crippen MR) is 122 cm³/mol. The third kappa shape index (κ3) is 4.93. The van der Waals surface area contributed by atoms with Crippen LogP contribution in [0.1, 0.15) is 18.4 Å². The molecule has 0 radical (unpaired) electrons. The van der Waals surface area contributed by atoms with Crippen molar-refractivity contribution in [1.29, 1.82) is 0 Å².